The van der Waals surface area contributed by atoms with Crippen LogP contribution in [0.3, 0.4) is 0 Å². The van der Waals surface area contributed by atoms with Crippen LogP contribution in [-0.2, 0) is 21.4 Å². The highest BCUT2D eigenvalue weighted by atomic mass is 16.5. The number of oxazole rings is 2. The molecule has 258 valence electrons. The second kappa shape index (κ2) is 11.3. The van der Waals surface area contributed by atoms with Gasteiger partial charge in [0.1, 0.15) is 35.6 Å². The van der Waals surface area contributed by atoms with E-state index in [0.717, 1.165) is 22.4 Å². The Morgan fingerprint density at radius 3 is 2.60 bits per heavy atom. The number of ether oxygens (including phenoxy) is 1. The van der Waals surface area contributed by atoms with Gasteiger partial charge in [0.05, 0.1) is 0 Å². The molecule has 2 amide bonds. The number of hydrogen-bond acceptors (Lipinski definition) is 12. The van der Waals surface area contributed by atoms with E-state index in [-0.39, 0.29) is 30.0 Å². The molecule has 0 aliphatic carbocycles. The summed E-state index contributed by atoms with van der Waals surface area (Å²) in [7, 11) is 0. The Labute approximate surface area is 287 Å². The highest BCUT2D eigenvalue weighted by molar-refractivity contribution is 5.90. The number of nitrogens with zero attached hydrogens (tertiary/aromatic N) is 4. The van der Waals surface area contributed by atoms with Crippen LogP contribution in [0.2, 0.25) is 0 Å². The lowest BCUT2D eigenvalue weighted by Crippen LogP contribution is -2.53. The highest BCUT2D eigenvalue weighted by Gasteiger charge is 2.61. The minimum absolute atomic E-state index is 0.143. The second-order valence-electron chi connectivity index (χ2n) is 14.5. The fourth-order valence-electron chi connectivity index (χ4n) is 7.00. The van der Waals surface area contributed by atoms with Gasteiger partial charge in [-0.25, -0.2) is 9.97 Å². The summed E-state index contributed by atoms with van der Waals surface area (Å²) >= 11 is 0. The van der Waals surface area contributed by atoms with E-state index in [1.54, 1.807) is 20.8 Å². The van der Waals surface area contributed by atoms with Gasteiger partial charge in [0.2, 0.25) is 23.6 Å². The first-order valence-corrected chi connectivity index (χ1v) is 16.6. The molecule has 50 heavy (non-hydrogen) atoms. The number of carbonyl (C=O) groups excluding carboxylic acids is 2. The molecule has 0 fully saturated rings. The van der Waals surface area contributed by atoms with Gasteiger partial charge in [-0.3, -0.25) is 9.59 Å². The molecule has 0 radical (unpaired) electrons. The van der Waals surface area contributed by atoms with Crippen LogP contribution in [0.5, 0.6) is 5.75 Å². The number of benzene rings is 2. The molecule has 3 aliphatic rings. The van der Waals surface area contributed by atoms with Crippen molar-refractivity contribution in [1.82, 2.24) is 30.7 Å². The predicted octanol–water partition coefficient (Wildman–Crippen LogP) is 4.43. The summed E-state index contributed by atoms with van der Waals surface area (Å²) in [6.07, 6.45) is -0.363. The van der Waals surface area contributed by atoms with Gasteiger partial charge in [0, 0.05) is 17.7 Å². The van der Waals surface area contributed by atoms with Gasteiger partial charge < -0.3 is 39.2 Å². The van der Waals surface area contributed by atoms with Gasteiger partial charge in [0.25, 0.3) is 5.89 Å². The number of aliphatic hydroxyl groups excluding tert-OH is 1. The average Bonchev–Trinajstić information content (AvgIpc) is 3.89. The maximum Gasteiger partial charge on any atom is 0.279 e. The van der Waals surface area contributed by atoms with Crippen LogP contribution in [0.15, 0.2) is 62.1 Å². The molecular weight excluding hydrogens is 642 g/mol. The molecule has 5 unspecified atom stereocenters. The first kappa shape index (κ1) is 31.7. The standard InChI is InChI=1S/C36H37N7O7/c1-16(2)26(44)30(46)38-22-14-18-11-12-24-20(13-18)36(19-9-7-8-10-21(19)40-34(36)48-24)28-25(32-39-23(15-47-32)31-37-17(3)43-50-31)41-33(49-28)27(35(4,5)6)42-29(22)45/h7-13,15-16,22,26-27,34,40,44H,14H2,1-6H3,(H,38,46)(H,42,45). The Balaban J connectivity index is 1.37. The van der Waals surface area contributed by atoms with Crippen molar-refractivity contribution in [2.45, 2.75) is 77.8 Å². The molecule has 4 N–H and O–H groups in total. The lowest BCUT2D eigenvalue weighted by atomic mass is 9.72. The third kappa shape index (κ3) is 4.88. The lowest BCUT2D eigenvalue weighted by molar-refractivity contribution is -0.136. The summed E-state index contributed by atoms with van der Waals surface area (Å²) in [5.74, 6) is 0.571. The van der Waals surface area contributed by atoms with Crippen LogP contribution in [0, 0.1) is 18.3 Å². The third-order valence-corrected chi connectivity index (χ3v) is 9.57. The van der Waals surface area contributed by atoms with E-state index in [0.29, 0.717) is 28.7 Å². The van der Waals surface area contributed by atoms with E-state index in [9.17, 15) is 14.7 Å². The smallest absolute Gasteiger partial charge is 0.279 e. The van der Waals surface area contributed by atoms with E-state index in [1.807, 2.05) is 63.2 Å². The van der Waals surface area contributed by atoms with E-state index >= 15 is 0 Å². The Kier molecular flexibility index (Phi) is 7.16. The summed E-state index contributed by atoms with van der Waals surface area (Å²) in [5, 5.41) is 23.9. The van der Waals surface area contributed by atoms with Crippen molar-refractivity contribution < 1.29 is 32.8 Å². The fraction of sp³-hybridized carbons (Fsp3) is 0.389. The highest BCUT2D eigenvalue weighted by Crippen LogP contribution is 2.59. The van der Waals surface area contributed by atoms with Gasteiger partial charge in [-0.15, -0.1) is 0 Å². The number of anilines is 1. The zero-order chi connectivity index (χ0) is 35.1. The second-order valence-corrected chi connectivity index (χ2v) is 14.5. The van der Waals surface area contributed by atoms with Gasteiger partial charge in [-0.2, -0.15) is 4.98 Å². The monoisotopic (exact) mass is 679 g/mol. The number of fused-ring (bicyclic) bond motifs is 4. The van der Waals surface area contributed by atoms with Crippen molar-refractivity contribution in [1.29, 1.82) is 0 Å². The van der Waals surface area contributed by atoms with Crippen molar-refractivity contribution in [2.24, 2.45) is 11.3 Å². The van der Waals surface area contributed by atoms with Crippen molar-refractivity contribution in [3.05, 3.63) is 82.9 Å². The molecule has 0 saturated carbocycles. The third-order valence-electron chi connectivity index (χ3n) is 9.57. The van der Waals surface area contributed by atoms with Crippen LogP contribution in [0.25, 0.3) is 23.2 Å². The Morgan fingerprint density at radius 2 is 1.86 bits per heavy atom. The molecule has 2 aromatic carbocycles. The Bertz CT molecular complexity index is 2140. The normalized spacial score (nSPS) is 22.8. The first-order valence-electron chi connectivity index (χ1n) is 16.6. The summed E-state index contributed by atoms with van der Waals surface area (Å²) in [4.78, 5) is 41.4. The molecule has 1 spiro atoms. The SMILES string of the molecule is Cc1noc(-c2coc(-c3nc4oc3C35c6ccccc6NC3Oc3ccc(cc35)CC(NC(=O)C(O)C(C)C)C(=O)NC4C(C)(C)C)n2)n1. The quantitative estimate of drug-likeness (QED) is 0.205. The average molecular weight is 680 g/mol. The van der Waals surface area contributed by atoms with Gasteiger partial charge in [-0.1, -0.05) is 70.1 Å². The number of aromatic nitrogens is 4. The zero-order valence-electron chi connectivity index (χ0n) is 28.4. The summed E-state index contributed by atoms with van der Waals surface area (Å²) in [6.45, 7) is 11.1. The van der Waals surface area contributed by atoms with Crippen LogP contribution in [-0.4, -0.2) is 55.4 Å². The molecule has 5 aromatic rings. The van der Waals surface area contributed by atoms with E-state index in [4.69, 9.17) is 28.1 Å². The maximum atomic E-state index is 14.2. The molecule has 0 saturated heterocycles. The predicted molar refractivity (Wildman–Crippen MR) is 178 cm³/mol. The number of aryl methyl sites for hydroxylation is 1. The maximum absolute atomic E-state index is 14.2. The van der Waals surface area contributed by atoms with E-state index in [2.05, 4.69) is 26.1 Å². The fourth-order valence-corrected chi connectivity index (χ4v) is 7.00. The molecule has 8 rings (SSSR count). The first-order chi connectivity index (χ1) is 23.8. The van der Waals surface area contributed by atoms with Gasteiger partial charge in [0.15, 0.2) is 29.2 Å². The van der Waals surface area contributed by atoms with Crippen molar-refractivity contribution in [3.8, 4) is 28.9 Å². The molecule has 14 nitrogen and oxygen atoms in total. The summed E-state index contributed by atoms with van der Waals surface area (Å²) in [6, 6.07) is 11.8. The van der Waals surface area contributed by atoms with E-state index in [1.165, 1.54) is 6.26 Å². The molecule has 3 aromatic heterocycles. The summed E-state index contributed by atoms with van der Waals surface area (Å²) < 4.78 is 24.9. The topological polar surface area (TPSA) is 191 Å². The Morgan fingerprint density at radius 1 is 1.06 bits per heavy atom. The van der Waals surface area contributed by atoms with E-state index < -0.39 is 47.1 Å². The number of amides is 2. The number of aliphatic hydroxyl groups is 1. The minimum atomic E-state index is -1.29. The minimum Gasteiger partial charge on any atom is -0.469 e. The van der Waals surface area contributed by atoms with Gasteiger partial charge in [-0.05, 0) is 41.5 Å². The van der Waals surface area contributed by atoms with Gasteiger partial charge >= 0.3 is 0 Å². The number of carbonyl (C=O) groups is 2. The van der Waals surface area contributed by atoms with Crippen LogP contribution >= 0.6 is 0 Å². The molecule has 4 bridgehead atoms. The zero-order valence-corrected chi connectivity index (χ0v) is 28.4. The number of hydrogen-bond donors (Lipinski definition) is 4. The van der Waals surface area contributed by atoms with Crippen LogP contribution in [0.4, 0.5) is 5.69 Å². The van der Waals surface area contributed by atoms with Crippen molar-refractivity contribution in [2.75, 3.05) is 5.32 Å². The molecule has 3 aliphatic heterocycles. The van der Waals surface area contributed by atoms with Crippen molar-refractivity contribution >= 4 is 17.5 Å². The number of rotatable bonds is 5. The summed E-state index contributed by atoms with van der Waals surface area (Å²) in [5.41, 5.74) is 2.22. The molecule has 14 heteroatoms. The lowest BCUT2D eigenvalue weighted by Gasteiger charge is -2.32. The molecule has 5 atom stereocenters. The number of nitrogens with one attached hydrogen (secondary N) is 3. The molecular formula is C36H37N7O7. The van der Waals surface area contributed by atoms with Crippen molar-refractivity contribution in [3.63, 3.8) is 0 Å². The number of para-hydroxylation sites is 1. The van der Waals surface area contributed by atoms with Crippen LogP contribution in [0.1, 0.15) is 74.8 Å². The largest absolute Gasteiger partial charge is 0.469 e. The van der Waals surface area contributed by atoms with Crippen LogP contribution < -0.4 is 20.7 Å². The Hall–Kier alpha value is -5.50. The molecule has 6 heterocycles.